The average molecular weight is 577 g/mol. The van der Waals surface area contributed by atoms with E-state index in [9.17, 15) is 8.42 Å². The van der Waals surface area contributed by atoms with E-state index in [1.54, 1.807) is 0 Å². The van der Waals surface area contributed by atoms with Gasteiger partial charge < -0.3 is 0 Å². The van der Waals surface area contributed by atoms with Crippen molar-refractivity contribution < 1.29 is 16.8 Å². The molecule has 0 bridgehead atoms. The van der Waals surface area contributed by atoms with Crippen LogP contribution in [0.15, 0.2) is 24.3 Å². The summed E-state index contributed by atoms with van der Waals surface area (Å²) in [7, 11) is -4.06. The van der Waals surface area contributed by atoms with Crippen LogP contribution in [0.1, 0.15) is 167 Å². The van der Waals surface area contributed by atoms with Crippen LogP contribution in [0.25, 0.3) is 0 Å². The van der Waals surface area contributed by atoms with Gasteiger partial charge in [0.1, 0.15) is 5.60 Å². The van der Waals surface area contributed by atoms with E-state index in [0.717, 1.165) is 37.7 Å². The fourth-order valence-corrected chi connectivity index (χ4v) is 6.17. The molecule has 0 aromatic heterocycles. The van der Waals surface area contributed by atoms with E-state index in [0.29, 0.717) is 0 Å². The topological polar surface area (TPSA) is 52.6 Å². The zero-order chi connectivity index (χ0) is 28.0. The van der Waals surface area contributed by atoms with Crippen LogP contribution in [0.3, 0.4) is 0 Å². The maximum absolute atomic E-state index is 12.6. The van der Waals surface area contributed by atoms with Crippen LogP contribution in [-0.4, -0.2) is 44.6 Å². The van der Waals surface area contributed by atoms with Crippen molar-refractivity contribution in [2.45, 2.75) is 168 Å². The molecule has 1 aromatic carbocycles. The minimum absolute atomic E-state index is 0. The van der Waals surface area contributed by atoms with E-state index in [4.69, 9.17) is 8.37 Å². The van der Waals surface area contributed by atoms with Crippen molar-refractivity contribution in [1.82, 2.24) is 0 Å². The van der Waals surface area contributed by atoms with Crippen molar-refractivity contribution in [1.29, 1.82) is 0 Å². The van der Waals surface area contributed by atoms with Crippen molar-refractivity contribution in [3.63, 3.8) is 0 Å². The van der Waals surface area contributed by atoms with Crippen LogP contribution in [0.4, 0.5) is 0 Å². The van der Waals surface area contributed by atoms with E-state index in [-0.39, 0.29) is 36.2 Å². The van der Waals surface area contributed by atoms with Crippen molar-refractivity contribution >= 4 is 40.0 Å². The number of hydrogen-bond donors (Lipinski definition) is 0. The molecular weight excluding hydrogens is 515 g/mol. The van der Waals surface area contributed by atoms with E-state index in [2.05, 4.69) is 19.9 Å². The van der Waals surface area contributed by atoms with Gasteiger partial charge in [-0.1, -0.05) is 154 Å². The van der Waals surface area contributed by atoms with Crippen molar-refractivity contribution in [3.05, 3.63) is 35.4 Å². The predicted octanol–water partition coefficient (Wildman–Crippen LogP) is 9.94. The van der Waals surface area contributed by atoms with Crippen molar-refractivity contribution in [2.24, 2.45) is 0 Å². The third kappa shape index (κ3) is 20.6. The molecule has 0 aliphatic rings. The Morgan fingerprint density at radius 3 is 1.51 bits per heavy atom. The van der Waals surface area contributed by atoms with Gasteiger partial charge in [-0.15, -0.1) is 0 Å². The SMILES string of the molecule is CCCCCCCCCCCCOS(=O)(=O)OC(C)(C)c1ccccc1CCCCCCCCCCCC.[NaH]. The molecule has 0 fully saturated rings. The zero-order valence-electron chi connectivity index (χ0n) is 25.4. The molecule has 0 saturated heterocycles. The van der Waals surface area contributed by atoms with E-state index < -0.39 is 16.0 Å². The maximum atomic E-state index is 12.6. The van der Waals surface area contributed by atoms with Gasteiger partial charge in [0.05, 0.1) is 6.61 Å². The fourth-order valence-electron chi connectivity index (χ4n) is 5.20. The Hall–Kier alpha value is 0.0900. The second-order valence-corrected chi connectivity index (χ2v) is 12.8. The van der Waals surface area contributed by atoms with Gasteiger partial charge in [0.15, 0.2) is 0 Å². The quantitative estimate of drug-likeness (QED) is 0.0813. The third-order valence-corrected chi connectivity index (χ3v) is 8.58. The summed E-state index contributed by atoms with van der Waals surface area (Å²) in [6.45, 7) is 8.35. The number of unbranched alkanes of at least 4 members (excludes halogenated alkanes) is 18. The molecule has 1 rings (SSSR count). The normalized spacial score (nSPS) is 12.0. The van der Waals surface area contributed by atoms with Crippen molar-refractivity contribution in [2.75, 3.05) is 6.61 Å². The Morgan fingerprint density at radius 2 is 1.03 bits per heavy atom. The van der Waals surface area contributed by atoms with Crippen LogP contribution in [0, 0.1) is 0 Å². The Labute approximate surface area is 265 Å². The molecule has 0 aliphatic carbocycles. The average Bonchev–Trinajstić information content (AvgIpc) is 2.88. The molecule has 0 N–H and O–H groups in total. The van der Waals surface area contributed by atoms with Crippen LogP contribution in [-0.2, 0) is 30.8 Å². The second kappa shape index (κ2) is 24.7. The molecule has 0 radical (unpaired) electrons. The first-order chi connectivity index (χ1) is 18.3. The van der Waals surface area contributed by atoms with Crippen LogP contribution in [0.2, 0.25) is 0 Å². The number of aryl methyl sites for hydroxylation is 1. The molecule has 0 saturated carbocycles. The molecule has 39 heavy (non-hydrogen) atoms. The molecule has 1 aromatic rings. The second-order valence-electron chi connectivity index (χ2n) is 11.6. The molecule has 4 nitrogen and oxygen atoms in total. The molecule has 0 unspecified atom stereocenters. The summed E-state index contributed by atoms with van der Waals surface area (Å²) in [6, 6.07) is 8.08. The van der Waals surface area contributed by atoms with Gasteiger partial charge in [-0.2, -0.15) is 8.42 Å². The van der Waals surface area contributed by atoms with E-state index in [1.807, 2.05) is 32.0 Å². The monoisotopic (exact) mass is 576 g/mol. The molecular formula is C33H61NaO4S. The zero-order valence-corrected chi connectivity index (χ0v) is 26.2. The molecule has 224 valence electrons. The number of rotatable bonds is 26. The standard InChI is InChI=1S/C33H60O4S.Na.H/c1-5-7-9-11-13-15-17-19-21-23-27-31-28-24-25-29-32(31)33(3,4)37-38(34,35)36-30-26-22-20-18-16-14-12-10-8-6-2;;/h24-25,28-29H,5-23,26-27,30H2,1-4H3;;. The summed E-state index contributed by atoms with van der Waals surface area (Å²) < 4.78 is 36.0. The van der Waals surface area contributed by atoms with Gasteiger partial charge in [0.2, 0.25) is 0 Å². The third-order valence-electron chi connectivity index (χ3n) is 7.50. The summed E-state index contributed by atoms with van der Waals surface area (Å²) in [4.78, 5) is 0. The van der Waals surface area contributed by atoms with Gasteiger partial charge in [-0.3, -0.25) is 0 Å². The minimum atomic E-state index is -4.06. The molecule has 6 heteroatoms. The Bertz CT molecular complexity index is 795. The molecule has 0 amide bonds. The first kappa shape index (κ1) is 39.1. The predicted molar refractivity (Wildman–Crippen MR) is 170 cm³/mol. The van der Waals surface area contributed by atoms with Crippen LogP contribution in [0.5, 0.6) is 0 Å². The summed E-state index contributed by atoms with van der Waals surface area (Å²) in [5.74, 6) is 0. The Kier molecular flexibility index (Phi) is 24.7. The van der Waals surface area contributed by atoms with Gasteiger partial charge in [0, 0.05) is 0 Å². The molecule has 0 atom stereocenters. The summed E-state index contributed by atoms with van der Waals surface area (Å²) in [5.41, 5.74) is 1.13. The number of hydrogen-bond acceptors (Lipinski definition) is 4. The first-order valence-electron chi connectivity index (χ1n) is 16.0. The van der Waals surface area contributed by atoms with Gasteiger partial charge in [-0.05, 0) is 44.2 Å². The van der Waals surface area contributed by atoms with Gasteiger partial charge in [0.25, 0.3) is 0 Å². The van der Waals surface area contributed by atoms with Gasteiger partial charge >= 0.3 is 40.0 Å². The van der Waals surface area contributed by atoms with Crippen LogP contribution < -0.4 is 0 Å². The first-order valence-corrected chi connectivity index (χ1v) is 17.3. The fraction of sp³-hybridized carbons (Fsp3) is 0.818. The summed E-state index contributed by atoms with van der Waals surface area (Å²) in [6.07, 6.45) is 26.0. The van der Waals surface area contributed by atoms with E-state index >= 15 is 0 Å². The van der Waals surface area contributed by atoms with Crippen molar-refractivity contribution in [3.8, 4) is 0 Å². The van der Waals surface area contributed by atoms with Gasteiger partial charge in [-0.25, -0.2) is 8.37 Å². The molecule has 0 spiro atoms. The summed E-state index contributed by atoms with van der Waals surface area (Å²) >= 11 is 0. The van der Waals surface area contributed by atoms with E-state index in [1.165, 1.54) is 108 Å². The van der Waals surface area contributed by atoms with Crippen LogP contribution >= 0.6 is 0 Å². The Balaban J connectivity index is 0.0000144. The number of benzene rings is 1. The molecule has 0 heterocycles. The summed E-state index contributed by atoms with van der Waals surface area (Å²) in [5, 5.41) is 0. The molecule has 0 aliphatic heterocycles. The Morgan fingerprint density at radius 1 is 0.615 bits per heavy atom.